The number of nitrogens with one attached hydrogen (secondary N) is 1. The van der Waals surface area contributed by atoms with Crippen LogP contribution in [0.5, 0.6) is 0 Å². The molecule has 1 unspecified atom stereocenters. The standard InChI is InChI=1S/C14H23N3O2/c1-11-16-13(17-19-11)10-15-12-5-8-18-14(9-12)6-3-2-4-7-14/h12,15H,2-10H2,1H3. The van der Waals surface area contributed by atoms with Gasteiger partial charge in [-0.2, -0.15) is 4.98 Å². The third-order valence-electron chi connectivity index (χ3n) is 4.38. The van der Waals surface area contributed by atoms with Crippen LogP contribution in [0.4, 0.5) is 0 Å². The van der Waals surface area contributed by atoms with Crippen LogP contribution in [0, 0.1) is 6.92 Å². The molecule has 0 bridgehead atoms. The summed E-state index contributed by atoms with van der Waals surface area (Å²) in [7, 11) is 0. The number of aromatic nitrogens is 2. The summed E-state index contributed by atoms with van der Waals surface area (Å²) in [5.74, 6) is 1.38. The lowest BCUT2D eigenvalue weighted by Crippen LogP contribution is -2.47. The Morgan fingerprint density at radius 3 is 2.89 bits per heavy atom. The van der Waals surface area contributed by atoms with Gasteiger partial charge in [0.1, 0.15) is 0 Å². The van der Waals surface area contributed by atoms with E-state index in [0.717, 1.165) is 25.3 Å². The van der Waals surface area contributed by atoms with E-state index in [1.807, 2.05) is 6.92 Å². The molecule has 1 saturated heterocycles. The minimum atomic E-state index is 0.154. The van der Waals surface area contributed by atoms with E-state index in [1.54, 1.807) is 0 Å². The molecular weight excluding hydrogens is 242 g/mol. The largest absolute Gasteiger partial charge is 0.375 e. The molecule has 19 heavy (non-hydrogen) atoms. The summed E-state index contributed by atoms with van der Waals surface area (Å²) in [6.45, 7) is 3.39. The Morgan fingerprint density at radius 2 is 2.16 bits per heavy atom. The monoisotopic (exact) mass is 265 g/mol. The fraction of sp³-hybridized carbons (Fsp3) is 0.857. The van der Waals surface area contributed by atoms with Gasteiger partial charge in [0.05, 0.1) is 12.1 Å². The number of hydrogen-bond acceptors (Lipinski definition) is 5. The predicted molar refractivity (Wildman–Crippen MR) is 70.7 cm³/mol. The van der Waals surface area contributed by atoms with Crippen molar-refractivity contribution < 1.29 is 9.26 Å². The van der Waals surface area contributed by atoms with Gasteiger partial charge in [0.25, 0.3) is 0 Å². The molecule has 1 spiro atoms. The van der Waals surface area contributed by atoms with Gasteiger partial charge < -0.3 is 14.6 Å². The topological polar surface area (TPSA) is 60.2 Å². The Kier molecular flexibility index (Phi) is 3.84. The minimum absolute atomic E-state index is 0.154. The molecular formula is C14H23N3O2. The predicted octanol–water partition coefficient (Wildman–Crippen LogP) is 2.35. The van der Waals surface area contributed by atoms with Crippen LogP contribution < -0.4 is 5.32 Å². The molecule has 5 nitrogen and oxygen atoms in total. The number of aryl methyl sites for hydroxylation is 1. The maximum Gasteiger partial charge on any atom is 0.223 e. The van der Waals surface area contributed by atoms with Gasteiger partial charge in [0, 0.05) is 19.6 Å². The van der Waals surface area contributed by atoms with Crippen molar-refractivity contribution in [1.82, 2.24) is 15.5 Å². The van der Waals surface area contributed by atoms with Gasteiger partial charge in [-0.3, -0.25) is 0 Å². The van der Waals surface area contributed by atoms with E-state index in [4.69, 9.17) is 9.26 Å². The van der Waals surface area contributed by atoms with Crippen LogP contribution in [-0.4, -0.2) is 28.4 Å². The molecule has 0 amide bonds. The van der Waals surface area contributed by atoms with Gasteiger partial charge in [-0.05, 0) is 25.7 Å². The van der Waals surface area contributed by atoms with Crippen LogP contribution in [0.15, 0.2) is 4.52 Å². The van der Waals surface area contributed by atoms with Crippen molar-refractivity contribution in [3.8, 4) is 0 Å². The summed E-state index contributed by atoms with van der Waals surface area (Å²) >= 11 is 0. The van der Waals surface area contributed by atoms with E-state index in [2.05, 4.69) is 15.5 Å². The van der Waals surface area contributed by atoms with E-state index < -0.39 is 0 Å². The maximum absolute atomic E-state index is 6.10. The fourth-order valence-electron chi connectivity index (χ4n) is 3.40. The molecule has 106 valence electrons. The Morgan fingerprint density at radius 1 is 1.32 bits per heavy atom. The average Bonchev–Trinajstić information content (AvgIpc) is 2.83. The first-order valence-corrected chi connectivity index (χ1v) is 7.42. The molecule has 3 rings (SSSR count). The van der Waals surface area contributed by atoms with Gasteiger partial charge in [-0.15, -0.1) is 0 Å². The molecule has 1 aromatic heterocycles. The van der Waals surface area contributed by atoms with E-state index >= 15 is 0 Å². The van der Waals surface area contributed by atoms with Crippen LogP contribution in [0.25, 0.3) is 0 Å². The Bertz CT molecular complexity index is 407. The Labute approximate surface area is 114 Å². The average molecular weight is 265 g/mol. The molecule has 0 radical (unpaired) electrons. The van der Waals surface area contributed by atoms with E-state index in [9.17, 15) is 0 Å². The van der Waals surface area contributed by atoms with Gasteiger partial charge in [-0.1, -0.05) is 24.4 Å². The smallest absolute Gasteiger partial charge is 0.223 e. The normalized spacial score (nSPS) is 26.7. The number of hydrogen-bond donors (Lipinski definition) is 1. The SMILES string of the molecule is Cc1nc(CNC2CCOC3(CCCCC3)C2)no1. The second-order valence-electron chi connectivity index (χ2n) is 5.89. The molecule has 1 aliphatic heterocycles. The summed E-state index contributed by atoms with van der Waals surface area (Å²) in [6, 6.07) is 0.519. The van der Waals surface area contributed by atoms with E-state index in [1.165, 1.54) is 32.1 Å². The van der Waals surface area contributed by atoms with Gasteiger partial charge in [-0.25, -0.2) is 0 Å². The molecule has 1 atom stereocenters. The molecule has 1 saturated carbocycles. The molecule has 1 N–H and O–H groups in total. The first-order chi connectivity index (χ1) is 9.26. The van der Waals surface area contributed by atoms with Gasteiger partial charge >= 0.3 is 0 Å². The van der Waals surface area contributed by atoms with Crippen molar-refractivity contribution in [3.63, 3.8) is 0 Å². The maximum atomic E-state index is 6.10. The van der Waals surface area contributed by atoms with Crippen molar-refractivity contribution in [3.05, 3.63) is 11.7 Å². The number of nitrogens with zero attached hydrogens (tertiary/aromatic N) is 2. The zero-order chi connectivity index (χ0) is 13.1. The van der Waals surface area contributed by atoms with Crippen LogP contribution in [-0.2, 0) is 11.3 Å². The molecule has 1 aromatic rings. The van der Waals surface area contributed by atoms with Crippen LogP contribution in [0.1, 0.15) is 56.7 Å². The van der Waals surface area contributed by atoms with Crippen LogP contribution >= 0.6 is 0 Å². The first kappa shape index (κ1) is 13.1. The molecule has 2 fully saturated rings. The summed E-state index contributed by atoms with van der Waals surface area (Å²) in [4.78, 5) is 4.23. The highest BCUT2D eigenvalue weighted by Crippen LogP contribution is 2.38. The Hall–Kier alpha value is -0.940. The Balaban J connectivity index is 1.53. The van der Waals surface area contributed by atoms with Crippen LogP contribution in [0.2, 0.25) is 0 Å². The van der Waals surface area contributed by atoms with Crippen molar-refractivity contribution in [2.24, 2.45) is 0 Å². The lowest BCUT2D eigenvalue weighted by atomic mass is 9.78. The lowest BCUT2D eigenvalue weighted by Gasteiger charge is -2.43. The molecule has 2 heterocycles. The number of rotatable bonds is 3. The molecule has 5 heteroatoms. The molecule has 1 aliphatic carbocycles. The lowest BCUT2D eigenvalue weighted by molar-refractivity contribution is -0.109. The summed E-state index contributed by atoms with van der Waals surface area (Å²) in [5.41, 5.74) is 0.154. The van der Waals surface area contributed by atoms with Crippen LogP contribution in [0.3, 0.4) is 0 Å². The number of ether oxygens (including phenoxy) is 1. The first-order valence-electron chi connectivity index (χ1n) is 7.42. The highest BCUT2D eigenvalue weighted by Gasteiger charge is 2.38. The quantitative estimate of drug-likeness (QED) is 0.909. The summed E-state index contributed by atoms with van der Waals surface area (Å²) in [6.07, 6.45) is 8.67. The van der Waals surface area contributed by atoms with E-state index in [0.29, 0.717) is 18.5 Å². The van der Waals surface area contributed by atoms with Crippen molar-refractivity contribution in [2.75, 3.05) is 6.61 Å². The van der Waals surface area contributed by atoms with Gasteiger partial charge in [0.2, 0.25) is 5.89 Å². The zero-order valence-electron chi connectivity index (χ0n) is 11.7. The summed E-state index contributed by atoms with van der Waals surface area (Å²) in [5, 5.41) is 7.48. The zero-order valence-corrected chi connectivity index (χ0v) is 11.7. The highest BCUT2D eigenvalue weighted by atomic mass is 16.5. The van der Waals surface area contributed by atoms with E-state index in [-0.39, 0.29) is 5.60 Å². The second kappa shape index (κ2) is 5.59. The van der Waals surface area contributed by atoms with Gasteiger partial charge in [0.15, 0.2) is 5.82 Å². The third-order valence-corrected chi connectivity index (χ3v) is 4.38. The highest BCUT2D eigenvalue weighted by molar-refractivity contribution is 4.93. The minimum Gasteiger partial charge on any atom is -0.375 e. The second-order valence-corrected chi connectivity index (χ2v) is 5.89. The fourth-order valence-corrected chi connectivity index (χ4v) is 3.40. The van der Waals surface area contributed by atoms with Crippen molar-refractivity contribution in [2.45, 2.75) is 70.1 Å². The molecule has 2 aliphatic rings. The van der Waals surface area contributed by atoms with Crippen molar-refractivity contribution >= 4 is 0 Å². The third kappa shape index (κ3) is 3.15. The summed E-state index contributed by atoms with van der Waals surface area (Å²) < 4.78 is 11.1. The van der Waals surface area contributed by atoms with Crippen molar-refractivity contribution in [1.29, 1.82) is 0 Å². The molecule has 0 aromatic carbocycles.